The molecule has 0 atom stereocenters. The van der Waals surface area contributed by atoms with Crippen LogP contribution >= 0.6 is 11.8 Å². The van der Waals surface area contributed by atoms with Gasteiger partial charge in [-0.25, -0.2) is 4.98 Å². The highest BCUT2D eigenvalue weighted by atomic mass is 32.2. The average molecular weight is 198 g/mol. The molecule has 3 heteroatoms. The molecule has 1 aromatic heterocycles. The largest absolute Gasteiger partial charge is 0.335 e. The van der Waals surface area contributed by atoms with Crippen LogP contribution in [0.2, 0.25) is 0 Å². The molecule has 0 aromatic carbocycles. The maximum Gasteiger partial charge on any atom is 0.108 e. The fourth-order valence-corrected chi connectivity index (χ4v) is 1.88. The zero-order valence-electron chi connectivity index (χ0n) is 8.49. The highest BCUT2D eigenvalue weighted by molar-refractivity contribution is 7.98. The number of hydrogen-bond acceptors (Lipinski definition) is 2. The van der Waals surface area contributed by atoms with Gasteiger partial charge in [-0.15, -0.1) is 0 Å². The predicted octanol–water partition coefficient (Wildman–Crippen LogP) is 2.59. The summed E-state index contributed by atoms with van der Waals surface area (Å²) in [5.41, 5.74) is 0. The molecule has 0 aliphatic heterocycles. The summed E-state index contributed by atoms with van der Waals surface area (Å²) in [5, 5.41) is 0. The Bertz CT molecular complexity index is 233. The van der Waals surface area contributed by atoms with Crippen molar-refractivity contribution in [2.75, 3.05) is 12.0 Å². The summed E-state index contributed by atoms with van der Waals surface area (Å²) in [6, 6.07) is 0. The van der Waals surface area contributed by atoms with E-state index >= 15 is 0 Å². The molecule has 1 heterocycles. The molecule has 0 spiro atoms. The van der Waals surface area contributed by atoms with Gasteiger partial charge < -0.3 is 4.57 Å². The van der Waals surface area contributed by atoms with Crippen LogP contribution in [-0.2, 0) is 13.0 Å². The molecule has 0 radical (unpaired) electrons. The molecule has 0 fully saturated rings. The van der Waals surface area contributed by atoms with E-state index < -0.39 is 0 Å². The van der Waals surface area contributed by atoms with Crippen LogP contribution in [0.3, 0.4) is 0 Å². The van der Waals surface area contributed by atoms with Crippen molar-refractivity contribution < 1.29 is 0 Å². The van der Waals surface area contributed by atoms with Gasteiger partial charge >= 0.3 is 0 Å². The van der Waals surface area contributed by atoms with E-state index in [1.54, 1.807) is 0 Å². The molecule has 0 unspecified atom stereocenters. The minimum absolute atomic E-state index is 1.04. The van der Waals surface area contributed by atoms with Gasteiger partial charge in [-0.05, 0) is 24.9 Å². The molecule has 0 bridgehead atoms. The standard InChI is InChI=1S/C10H18N2S/c1-3-10-11-6-8-12(10)7-4-5-9-13-2/h6,8H,3-5,7,9H2,1-2H3. The fourth-order valence-electron chi connectivity index (χ4n) is 1.39. The van der Waals surface area contributed by atoms with Crippen LogP contribution in [0.15, 0.2) is 12.4 Å². The van der Waals surface area contributed by atoms with E-state index in [0.29, 0.717) is 0 Å². The van der Waals surface area contributed by atoms with Gasteiger partial charge in [0.1, 0.15) is 5.82 Å². The van der Waals surface area contributed by atoms with E-state index in [1.807, 2.05) is 18.0 Å². The Morgan fingerprint density at radius 1 is 1.46 bits per heavy atom. The Balaban J connectivity index is 2.27. The second kappa shape index (κ2) is 6.08. The maximum atomic E-state index is 4.29. The van der Waals surface area contributed by atoms with E-state index in [4.69, 9.17) is 0 Å². The summed E-state index contributed by atoms with van der Waals surface area (Å²) in [4.78, 5) is 4.29. The van der Waals surface area contributed by atoms with Crippen molar-refractivity contribution in [3.8, 4) is 0 Å². The molecular weight excluding hydrogens is 180 g/mol. The number of hydrogen-bond donors (Lipinski definition) is 0. The van der Waals surface area contributed by atoms with Crippen molar-refractivity contribution in [1.82, 2.24) is 9.55 Å². The highest BCUT2D eigenvalue weighted by Gasteiger charge is 1.98. The summed E-state index contributed by atoms with van der Waals surface area (Å²) < 4.78 is 2.26. The first-order valence-electron chi connectivity index (χ1n) is 4.87. The minimum Gasteiger partial charge on any atom is -0.335 e. The molecule has 0 N–H and O–H groups in total. The average Bonchev–Trinajstić information content (AvgIpc) is 2.60. The first kappa shape index (κ1) is 10.6. The third-order valence-corrected chi connectivity index (χ3v) is 2.81. The molecule has 74 valence electrons. The van der Waals surface area contributed by atoms with Crippen molar-refractivity contribution in [2.45, 2.75) is 32.7 Å². The van der Waals surface area contributed by atoms with Gasteiger partial charge in [0, 0.05) is 25.4 Å². The Kier molecular flexibility index (Phi) is 4.98. The summed E-state index contributed by atoms with van der Waals surface area (Å²) >= 11 is 1.92. The summed E-state index contributed by atoms with van der Waals surface area (Å²) in [7, 11) is 0. The van der Waals surface area contributed by atoms with Gasteiger partial charge in [-0.3, -0.25) is 0 Å². The fraction of sp³-hybridized carbons (Fsp3) is 0.700. The van der Waals surface area contributed by atoms with Gasteiger partial charge in [0.25, 0.3) is 0 Å². The van der Waals surface area contributed by atoms with Crippen molar-refractivity contribution in [1.29, 1.82) is 0 Å². The Hall–Kier alpha value is -0.440. The number of thioether (sulfide) groups is 1. The quantitative estimate of drug-likeness (QED) is 0.654. The lowest BCUT2D eigenvalue weighted by atomic mass is 10.3. The van der Waals surface area contributed by atoms with E-state index in [0.717, 1.165) is 13.0 Å². The van der Waals surface area contributed by atoms with Gasteiger partial charge in [0.2, 0.25) is 0 Å². The van der Waals surface area contributed by atoms with Crippen LogP contribution < -0.4 is 0 Å². The van der Waals surface area contributed by atoms with Crippen LogP contribution in [0.25, 0.3) is 0 Å². The predicted molar refractivity (Wildman–Crippen MR) is 59.2 cm³/mol. The SMILES string of the molecule is CCc1nccn1CCCCSC. The number of rotatable bonds is 6. The lowest BCUT2D eigenvalue weighted by Crippen LogP contribution is -2.02. The zero-order valence-corrected chi connectivity index (χ0v) is 9.31. The third-order valence-electron chi connectivity index (χ3n) is 2.12. The number of aryl methyl sites for hydroxylation is 2. The number of nitrogens with zero attached hydrogens (tertiary/aromatic N) is 2. The van der Waals surface area contributed by atoms with Crippen molar-refractivity contribution >= 4 is 11.8 Å². The topological polar surface area (TPSA) is 17.8 Å². The van der Waals surface area contributed by atoms with Gasteiger partial charge in [-0.2, -0.15) is 11.8 Å². The van der Waals surface area contributed by atoms with Crippen molar-refractivity contribution in [3.63, 3.8) is 0 Å². The molecule has 2 nitrogen and oxygen atoms in total. The summed E-state index contributed by atoms with van der Waals surface area (Å²) in [6.45, 7) is 3.28. The Morgan fingerprint density at radius 3 is 3.00 bits per heavy atom. The molecule has 0 aliphatic carbocycles. The van der Waals surface area contributed by atoms with Gasteiger partial charge in [-0.1, -0.05) is 6.92 Å². The van der Waals surface area contributed by atoms with E-state index in [9.17, 15) is 0 Å². The minimum atomic E-state index is 1.04. The number of unbranched alkanes of at least 4 members (excludes halogenated alkanes) is 1. The zero-order chi connectivity index (χ0) is 9.52. The Labute approximate surface area is 84.7 Å². The van der Waals surface area contributed by atoms with Crippen molar-refractivity contribution in [3.05, 3.63) is 18.2 Å². The van der Waals surface area contributed by atoms with Crippen molar-refractivity contribution in [2.24, 2.45) is 0 Å². The van der Waals surface area contributed by atoms with Crippen LogP contribution in [0.5, 0.6) is 0 Å². The first-order valence-corrected chi connectivity index (χ1v) is 6.26. The molecule has 1 rings (SSSR count). The Morgan fingerprint density at radius 2 is 2.31 bits per heavy atom. The molecule has 0 saturated carbocycles. The smallest absolute Gasteiger partial charge is 0.108 e. The maximum absolute atomic E-state index is 4.29. The summed E-state index contributed by atoms with van der Waals surface area (Å²) in [5.74, 6) is 2.49. The van der Waals surface area contributed by atoms with Crippen LogP contribution in [0, 0.1) is 0 Å². The summed E-state index contributed by atoms with van der Waals surface area (Å²) in [6.07, 6.45) is 9.75. The normalized spacial score (nSPS) is 10.6. The monoisotopic (exact) mass is 198 g/mol. The van der Waals surface area contributed by atoms with Crippen LogP contribution in [0.1, 0.15) is 25.6 Å². The third kappa shape index (κ3) is 3.43. The molecule has 0 amide bonds. The lowest BCUT2D eigenvalue weighted by molar-refractivity contribution is 0.608. The second-order valence-corrected chi connectivity index (χ2v) is 4.08. The van der Waals surface area contributed by atoms with Gasteiger partial charge in [0.15, 0.2) is 0 Å². The first-order chi connectivity index (χ1) is 6.38. The van der Waals surface area contributed by atoms with Crippen LogP contribution in [-0.4, -0.2) is 21.6 Å². The number of imidazole rings is 1. The molecule has 0 saturated heterocycles. The highest BCUT2D eigenvalue weighted by Crippen LogP contribution is 2.04. The molecular formula is C10H18N2S. The van der Waals surface area contributed by atoms with E-state index in [-0.39, 0.29) is 0 Å². The number of aromatic nitrogens is 2. The molecule has 1 aromatic rings. The van der Waals surface area contributed by atoms with Crippen LogP contribution in [0.4, 0.5) is 0 Å². The van der Waals surface area contributed by atoms with E-state index in [2.05, 4.69) is 28.9 Å². The molecule has 13 heavy (non-hydrogen) atoms. The second-order valence-electron chi connectivity index (χ2n) is 3.09. The lowest BCUT2D eigenvalue weighted by Gasteiger charge is -2.05. The van der Waals surface area contributed by atoms with Gasteiger partial charge in [0.05, 0.1) is 0 Å². The molecule has 0 aliphatic rings. The van der Waals surface area contributed by atoms with E-state index in [1.165, 1.54) is 24.4 Å².